The fourth-order valence-electron chi connectivity index (χ4n) is 4.72. The molecule has 3 heterocycles. The molecule has 1 amide bonds. The highest BCUT2D eigenvalue weighted by Gasteiger charge is 2.42. The van der Waals surface area contributed by atoms with Gasteiger partial charge >= 0.3 is 0 Å². The van der Waals surface area contributed by atoms with Gasteiger partial charge < -0.3 is 5.32 Å². The summed E-state index contributed by atoms with van der Waals surface area (Å²) in [5.41, 5.74) is 2.20. The molecule has 188 valence electrons. The summed E-state index contributed by atoms with van der Waals surface area (Å²) >= 11 is 6.59. The third-order valence-electron chi connectivity index (χ3n) is 6.65. The molecule has 1 saturated carbocycles. The number of aromatic nitrogens is 3. The fourth-order valence-corrected chi connectivity index (χ4v) is 5.00. The Bertz CT molecular complexity index is 1730. The molecular weight excluding hydrogens is 498 g/mol. The van der Waals surface area contributed by atoms with E-state index in [4.69, 9.17) is 15.7 Å². The second-order valence-electron chi connectivity index (χ2n) is 9.06. The first-order valence-corrected chi connectivity index (χ1v) is 11.8. The minimum absolute atomic E-state index is 0.00220. The summed E-state index contributed by atoms with van der Waals surface area (Å²) in [7, 11) is 0. The number of pyridine rings is 3. The molecule has 0 bridgehead atoms. The van der Waals surface area contributed by atoms with E-state index in [1.165, 1.54) is 41.1 Å². The molecule has 0 aliphatic heterocycles. The van der Waals surface area contributed by atoms with Crippen LogP contribution in [0.25, 0.3) is 16.9 Å². The number of hydrogen-bond acceptors (Lipinski definition) is 4. The van der Waals surface area contributed by atoms with Crippen molar-refractivity contribution in [2.45, 2.75) is 32.1 Å². The number of rotatable bonds is 5. The van der Waals surface area contributed by atoms with Crippen LogP contribution in [0.3, 0.4) is 0 Å². The lowest BCUT2D eigenvalue weighted by atomic mass is 10.0. The molecule has 1 aliphatic rings. The summed E-state index contributed by atoms with van der Waals surface area (Å²) in [5, 5.41) is 1.81. The summed E-state index contributed by atoms with van der Waals surface area (Å²) in [5.74, 6) is -2.51. The van der Waals surface area contributed by atoms with Crippen LogP contribution in [0, 0.1) is 25.5 Å². The molecule has 1 fully saturated rings. The van der Waals surface area contributed by atoms with E-state index < -0.39 is 35.6 Å². The first-order chi connectivity index (χ1) is 18.9. The van der Waals surface area contributed by atoms with Gasteiger partial charge in [0.05, 0.1) is 23.1 Å². The van der Waals surface area contributed by atoms with Crippen LogP contribution in [0.2, 0.25) is 5.02 Å². The number of nitrogens with one attached hydrogen (secondary N) is 1. The maximum Gasteiger partial charge on any atom is 0.274 e. The van der Waals surface area contributed by atoms with Crippen LogP contribution in [0.15, 0.2) is 59.8 Å². The van der Waals surface area contributed by atoms with Gasteiger partial charge in [0.15, 0.2) is 0 Å². The number of aryl methyl sites for hydroxylation is 2. The van der Waals surface area contributed by atoms with Crippen LogP contribution in [0.5, 0.6) is 0 Å². The molecule has 0 radical (unpaired) electrons. The molecule has 1 aliphatic carbocycles. The molecule has 9 heteroatoms. The lowest BCUT2D eigenvalue weighted by molar-refractivity contribution is 0.0959. The molecule has 0 saturated heterocycles. The van der Waals surface area contributed by atoms with Gasteiger partial charge in [0.25, 0.3) is 11.5 Å². The molecule has 1 aromatic carbocycles. The van der Waals surface area contributed by atoms with Crippen molar-refractivity contribution in [2.75, 3.05) is 6.98 Å². The van der Waals surface area contributed by atoms with Crippen LogP contribution < -0.4 is 10.9 Å². The monoisotopic (exact) mass is 523 g/mol. The molecule has 0 spiro atoms. The van der Waals surface area contributed by atoms with Gasteiger partial charge in [-0.2, -0.15) is 0 Å². The first-order valence-electron chi connectivity index (χ1n) is 13.0. The number of hydrogen-bond donors (Lipinski definition) is 1. The number of nitrogens with zero attached hydrogens (tertiary/aromatic N) is 3. The van der Waals surface area contributed by atoms with Crippen molar-refractivity contribution >= 4 is 17.5 Å². The van der Waals surface area contributed by atoms with Gasteiger partial charge in [-0.15, -0.1) is 0 Å². The third kappa shape index (κ3) is 4.42. The van der Waals surface area contributed by atoms with Crippen molar-refractivity contribution in [3.63, 3.8) is 0 Å². The molecule has 3 aromatic heterocycles. The van der Waals surface area contributed by atoms with Crippen LogP contribution in [-0.2, 0) is 0 Å². The SMILES string of the molecule is [2H]C([2H])([2H])NC(=O)c1cccc(-c2cc(-n3c(C)cc([C@H]4C[C@@H]4c4cncc(F)c4)c(Cl)c3=O)c(C)cn2)c1F. The number of benzene rings is 1. The minimum atomic E-state index is -2.78. The number of carbonyl (C=O) groups is 1. The Morgan fingerprint density at radius 1 is 1.16 bits per heavy atom. The Morgan fingerprint density at radius 3 is 2.73 bits per heavy atom. The van der Waals surface area contributed by atoms with E-state index in [0.717, 1.165) is 11.8 Å². The van der Waals surface area contributed by atoms with Crippen molar-refractivity contribution in [1.82, 2.24) is 19.9 Å². The van der Waals surface area contributed by atoms with Crippen molar-refractivity contribution in [3.8, 4) is 16.9 Å². The molecule has 5 rings (SSSR count). The van der Waals surface area contributed by atoms with Crippen LogP contribution in [0.4, 0.5) is 8.78 Å². The minimum Gasteiger partial charge on any atom is -0.355 e. The Morgan fingerprint density at radius 2 is 1.97 bits per heavy atom. The highest BCUT2D eigenvalue weighted by molar-refractivity contribution is 6.31. The standard InChI is InChI=1S/C28H23ClF2N4O2/c1-14-11-34-23(18-5-4-6-19(26(18)31)27(36)32-3)10-24(14)35-15(2)7-22(25(29)28(35)37)21-9-20(21)16-8-17(30)13-33-12-16/h4-8,10-13,20-21H,9H2,1-3H3,(H,32,36)/t20-,21+/m1/s1/i3D3. The molecule has 6 nitrogen and oxygen atoms in total. The zero-order chi connectivity index (χ0) is 28.9. The highest BCUT2D eigenvalue weighted by Crippen LogP contribution is 2.55. The Kier molecular flexibility index (Phi) is 5.45. The highest BCUT2D eigenvalue weighted by atomic mass is 35.5. The van der Waals surface area contributed by atoms with Crippen molar-refractivity contribution in [2.24, 2.45) is 0 Å². The smallest absolute Gasteiger partial charge is 0.274 e. The Labute approximate surface area is 221 Å². The van der Waals surface area contributed by atoms with Crippen LogP contribution in [0.1, 0.15) is 55.1 Å². The molecule has 0 unspecified atom stereocenters. The van der Waals surface area contributed by atoms with E-state index >= 15 is 4.39 Å². The second-order valence-corrected chi connectivity index (χ2v) is 9.44. The third-order valence-corrected chi connectivity index (χ3v) is 7.03. The van der Waals surface area contributed by atoms with E-state index in [1.807, 2.05) is 6.07 Å². The average Bonchev–Trinajstić information content (AvgIpc) is 3.67. The quantitative estimate of drug-likeness (QED) is 0.376. The van der Waals surface area contributed by atoms with Crippen molar-refractivity contribution in [1.29, 1.82) is 0 Å². The Hall–Kier alpha value is -3.91. The molecular formula is C28H23ClF2N4O2. The predicted octanol–water partition coefficient (Wildman–Crippen LogP) is 5.47. The summed E-state index contributed by atoms with van der Waals surface area (Å²) in [6, 6.07) is 8.76. The van der Waals surface area contributed by atoms with E-state index in [1.54, 1.807) is 25.4 Å². The number of carbonyl (C=O) groups excluding carboxylic acids is 1. The lowest BCUT2D eigenvalue weighted by Crippen LogP contribution is -2.23. The van der Waals surface area contributed by atoms with Gasteiger partial charge in [0, 0.05) is 34.7 Å². The van der Waals surface area contributed by atoms with Gasteiger partial charge in [-0.05, 0) is 79.1 Å². The van der Waals surface area contributed by atoms with Crippen LogP contribution in [-0.4, -0.2) is 27.4 Å². The van der Waals surface area contributed by atoms with E-state index in [9.17, 15) is 14.0 Å². The first kappa shape index (κ1) is 21.2. The Balaban J connectivity index is 1.53. The molecule has 1 N–H and O–H groups in total. The largest absolute Gasteiger partial charge is 0.355 e. The van der Waals surface area contributed by atoms with E-state index in [0.29, 0.717) is 28.9 Å². The van der Waals surface area contributed by atoms with Gasteiger partial charge in [-0.25, -0.2) is 8.78 Å². The topological polar surface area (TPSA) is 76.9 Å². The molecule has 37 heavy (non-hydrogen) atoms. The summed E-state index contributed by atoms with van der Waals surface area (Å²) in [4.78, 5) is 34.1. The maximum atomic E-state index is 15.4. The number of amides is 1. The average molecular weight is 524 g/mol. The van der Waals surface area contributed by atoms with Gasteiger partial charge in [-0.3, -0.25) is 24.1 Å². The predicted molar refractivity (Wildman–Crippen MR) is 137 cm³/mol. The summed E-state index contributed by atoms with van der Waals surface area (Å²) in [6.45, 7) is 0.708. The maximum absolute atomic E-state index is 15.4. The van der Waals surface area contributed by atoms with Gasteiger partial charge in [0.1, 0.15) is 16.7 Å². The van der Waals surface area contributed by atoms with E-state index in [-0.39, 0.29) is 28.1 Å². The lowest BCUT2D eigenvalue weighted by Gasteiger charge is -2.17. The zero-order valence-corrected chi connectivity index (χ0v) is 20.6. The number of halogens is 3. The van der Waals surface area contributed by atoms with Crippen molar-refractivity contribution in [3.05, 3.63) is 110 Å². The van der Waals surface area contributed by atoms with Gasteiger partial charge in [0.2, 0.25) is 0 Å². The second kappa shape index (κ2) is 9.52. The normalized spacial score (nSPS) is 18.0. The van der Waals surface area contributed by atoms with Crippen molar-refractivity contribution < 1.29 is 17.7 Å². The fraction of sp³-hybridized carbons (Fsp3) is 0.214. The van der Waals surface area contributed by atoms with E-state index in [2.05, 4.69) is 9.97 Å². The van der Waals surface area contributed by atoms with Crippen LogP contribution >= 0.6 is 11.6 Å². The summed E-state index contributed by atoms with van der Waals surface area (Å²) in [6.07, 6.45) is 4.93. The van der Waals surface area contributed by atoms with Gasteiger partial charge in [-0.1, -0.05) is 17.7 Å². The molecule has 2 atom stereocenters. The molecule has 4 aromatic rings. The zero-order valence-electron chi connectivity index (χ0n) is 22.8. The summed E-state index contributed by atoms with van der Waals surface area (Å²) < 4.78 is 52.1.